The lowest BCUT2D eigenvalue weighted by atomic mass is 9.95. The number of sulfonamides is 1. The van der Waals surface area contributed by atoms with E-state index in [1.807, 2.05) is 38.1 Å². The van der Waals surface area contributed by atoms with Crippen molar-refractivity contribution in [3.63, 3.8) is 0 Å². The maximum Gasteiger partial charge on any atom is 0.264 e. The summed E-state index contributed by atoms with van der Waals surface area (Å²) in [6.45, 7) is 3.45. The Labute approximate surface area is 258 Å². The van der Waals surface area contributed by atoms with Gasteiger partial charge in [0.1, 0.15) is 12.6 Å². The van der Waals surface area contributed by atoms with Gasteiger partial charge in [-0.3, -0.25) is 13.9 Å². The molecule has 0 spiro atoms. The van der Waals surface area contributed by atoms with E-state index in [9.17, 15) is 18.0 Å². The highest BCUT2D eigenvalue weighted by molar-refractivity contribution is 7.92. The van der Waals surface area contributed by atoms with E-state index < -0.39 is 28.5 Å². The Balaban J connectivity index is 1.71. The summed E-state index contributed by atoms with van der Waals surface area (Å²) in [6.07, 6.45) is 5.47. The summed E-state index contributed by atoms with van der Waals surface area (Å²) >= 11 is 12.4. The minimum absolute atomic E-state index is 0.0241. The summed E-state index contributed by atoms with van der Waals surface area (Å²) in [7, 11) is -4.18. The van der Waals surface area contributed by atoms with Crippen molar-refractivity contribution in [3.8, 4) is 0 Å². The number of carbonyl (C=O) groups excluding carboxylic acids is 2. The summed E-state index contributed by atoms with van der Waals surface area (Å²) in [5.74, 6) is -0.733. The fourth-order valence-electron chi connectivity index (χ4n) is 5.24. The van der Waals surface area contributed by atoms with Gasteiger partial charge in [0.25, 0.3) is 10.0 Å². The first-order valence-corrected chi connectivity index (χ1v) is 16.5. The summed E-state index contributed by atoms with van der Waals surface area (Å²) in [4.78, 5) is 29.3. The first-order chi connectivity index (χ1) is 20.1. The van der Waals surface area contributed by atoms with Crippen molar-refractivity contribution in [3.05, 3.63) is 94.0 Å². The molecule has 7 nitrogen and oxygen atoms in total. The van der Waals surface area contributed by atoms with Crippen LogP contribution in [0, 0.1) is 6.92 Å². The van der Waals surface area contributed by atoms with Crippen molar-refractivity contribution in [1.29, 1.82) is 0 Å². The number of hydrogen-bond acceptors (Lipinski definition) is 4. The van der Waals surface area contributed by atoms with Crippen molar-refractivity contribution in [2.75, 3.05) is 10.8 Å². The molecule has 0 aromatic heterocycles. The summed E-state index contributed by atoms with van der Waals surface area (Å²) in [5.41, 5.74) is 2.10. The van der Waals surface area contributed by atoms with Crippen LogP contribution in [0.1, 0.15) is 56.6 Å². The van der Waals surface area contributed by atoms with Crippen LogP contribution < -0.4 is 9.62 Å². The standard InChI is InChI=1S/C32H37Cl2N3O4S/c1-3-30(32(39)35-25-10-6-4-7-11-25)36(21-24-16-14-23(2)15-17-24)31(38)22-37(26-18-19-28(33)29(34)20-26)42(40,41)27-12-8-5-9-13-27/h5,8-9,12-20,25,30H,3-4,6-7,10-11,21-22H2,1-2H3,(H,35,39)/t30-/m1/s1. The topological polar surface area (TPSA) is 86.8 Å². The van der Waals surface area contributed by atoms with Gasteiger partial charge in [-0.25, -0.2) is 8.42 Å². The SMILES string of the molecule is CC[C@H](C(=O)NC1CCCCC1)N(Cc1ccc(C)cc1)C(=O)CN(c1ccc(Cl)c(Cl)c1)S(=O)(=O)c1ccccc1. The molecule has 0 unspecified atom stereocenters. The second-order valence-corrected chi connectivity index (χ2v) is 13.4. The van der Waals surface area contributed by atoms with E-state index in [-0.39, 0.29) is 39.1 Å². The lowest BCUT2D eigenvalue weighted by Crippen LogP contribution is -2.54. The average molecular weight is 631 g/mol. The van der Waals surface area contributed by atoms with Gasteiger partial charge in [-0.05, 0) is 62.1 Å². The van der Waals surface area contributed by atoms with Crippen LogP contribution in [0.2, 0.25) is 10.0 Å². The first kappa shape index (κ1) is 31.9. The van der Waals surface area contributed by atoms with Crippen LogP contribution in [0.15, 0.2) is 77.7 Å². The lowest BCUT2D eigenvalue weighted by molar-refractivity contribution is -0.140. The molecule has 0 saturated heterocycles. The number of nitrogens with one attached hydrogen (secondary N) is 1. The van der Waals surface area contributed by atoms with E-state index in [0.29, 0.717) is 6.42 Å². The number of halogens is 2. The van der Waals surface area contributed by atoms with Crippen molar-refractivity contribution in [1.82, 2.24) is 10.2 Å². The van der Waals surface area contributed by atoms with Gasteiger partial charge in [0.2, 0.25) is 11.8 Å². The highest BCUT2D eigenvalue weighted by Gasteiger charge is 2.34. The lowest BCUT2D eigenvalue weighted by Gasteiger charge is -2.34. The van der Waals surface area contributed by atoms with E-state index >= 15 is 0 Å². The number of anilines is 1. The summed E-state index contributed by atoms with van der Waals surface area (Å²) in [5, 5.41) is 3.57. The molecule has 10 heteroatoms. The Bertz CT molecular complexity index is 1480. The zero-order valence-corrected chi connectivity index (χ0v) is 26.3. The van der Waals surface area contributed by atoms with Crippen LogP contribution in [0.4, 0.5) is 5.69 Å². The van der Waals surface area contributed by atoms with E-state index in [1.54, 1.807) is 18.2 Å². The minimum atomic E-state index is -4.18. The maximum atomic E-state index is 14.2. The van der Waals surface area contributed by atoms with Gasteiger partial charge in [-0.1, -0.05) is 97.4 Å². The molecule has 1 fully saturated rings. The van der Waals surface area contributed by atoms with Gasteiger partial charge in [0.05, 0.1) is 20.6 Å². The number of hydrogen-bond donors (Lipinski definition) is 1. The third kappa shape index (κ3) is 7.85. The first-order valence-electron chi connectivity index (χ1n) is 14.3. The highest BCUT2D eigenvalue weighted by atomic mass is 35.5. The van der Waals surface area contributed by atoms with Gasteiger partial charge in [0.15, 0.2) is 0 Å². The van der Waals surface area contributed by atoms with Crippen molar-refractivity contribution < 1.29 is 18.0 Å². The third-order valence-electron chi connectivity index (χ3n) is 7.61. The van der Waals surface area contributed by atoms with Gasteiger partial charge < -0.3 is 10.2 Å². The summed E-state index contributed by atoms with van der Waals surface area (Å²) in [6, 6.07) is 19.3. The number of benzene rings is 3. The van der Waals surface area contributed by atoms with Crippen LogP contribution in [-0.4, -0.2) is 43.8 Å². The Morgan fingerprint density at radius 3 is 2.21 bits per heavy atom. The number of carbonyl (C=O) groups is 2. The number of amides is 2. The molecule has 3 aromatic carbocycles. The monoisotopic (exact) mass is 629 g/mol. The minimum Gasteiger partial charge on any atom is -0.352 e. The van der Waals surface area contributed by atoms with Crippen molar-refractivity contribution >= 4 is 50.7 Å². The number of rotatable bonds is 11. The zero-order chi connectivity index (χ0) is 30.3. The van der Waals surface area contributed by atoms with Crippen LogP contribution in [0.25, 0.3) is 0 Å². The number of aryl methyl sites for hydroxylation is 1. The second kappa shape index (κ2) is 14.4. The number of nitrogens with zero attached hydrogens (tertiary/aromatic N) is 2. The molecule has 0 heterocycles. The predicted molar refractivity (Wildman–Crippen MR) is 168 cm³/mol. The van der Waals surface area contributed by atoms with E-state index in [0.717, 1.165) is 47.5 Å². The smallest absolute Gasteiger partial charge is 0.264 e. The van der Waals surface area contributed by atoms with Gasteiger partial charge in [0, 0.05) is 12.6 Å². The molecular formula is C32H37Cl2N3O4S. The Hall–Kier alpha value is -3.07. The molecule has 1 aliphatic rings. The summed E-state index contributed by atoms with van der Waals surface area (Å²) < 4.78 is 28.9. The molecule has 2 amide bonds. The molecule has 1 atom stereocenters. The molecule has 42 heavy (non-hydrogen) atoms. The second-order valence-electron chi connectivity index (χ2n) is 10.7. The highest BCUT2D eigenvalue weighted by Crippen LogP contribution is 2.31. The normalized spacial score (nSPS) is 14.7. The van der Waals surface area contributed by atoms with E-state index in [4.69, 9.17) is 23.2 Å². The van der Waals surface area contributed by atoms with Crippen molar-refractivity contribution in [2.45, 2.75) is 75.9 Å². The molecule has 224 valence electrons. The largest absolute Gasteiger partial charge is 0.352 e. The molecule has 0 bridgehead atoms. The van der Waals surface area contributed by atoms with Crippen LogP contribution >= 0.6 is 23.2 Å². The average Bonchev–Trinajstić information content (AvgIpc) is 2.99. The van der Waals surface area contributed by atoms with Crippen LogP contribution in [-0.2, 0) is 26.2 Å². The molecule has 3 aromatic rings. The molecule has 4 rings (SSSR count). The van der Waals surface area contributed by atoms with Gasteiger partial charge in [-0.15, -0.1) is 0 Å². The fourth-order valence-corrected chi connectivity index (χ4v) is 6.96. The van der Waals surface area contributed by atoms with E-state index in [2.05, 4.69) is 5.32 Å². The zero-order valence-electron chi connectivity index (χ0n) is 23.9. The Morgan fingerprint density at radius 2 is 1.60 bits per heavy atom. The molecule has 1 N–H and O–H groups in total. The Kier molecular flexibility index (Phi) is 10.9. The van der Waals surface area contributed by atoms with Crippen LogP contribution in [0.3, 0.4) is 0 Å². The molecule has 0 aliphatic heterocycles. The fraction of sp³-hybridized carbons (Fsp3) is 0.375. The molecule has 1 saturated carbocycles. The van der Waals surface area contributed by atoms with Gasteiger partial charge >= 0.3 is 0 Å². The molecule has 0 radical (unpaired) electrons. The maximum absolute atomic E-state index is 14.2. The molecular weight excluding hydrogens is 593 g/mol. The van der Waals surface area contributed by atoms with Crippen LogP contribution in [0.5, 0.6) is 0 Å². The predicted octanol–water partition coefficient (Wildman–Crippen LogP) is 6.75. The molecule has 1 aliphatic carbocycles. The quantitative estimate of drug-likeness (QED) is 0.254. The van der Waals surface area contributed by atoms with Gasteiger partial charge in [-0.2, -0.15) is 0 Å². The van der Waals surface area contributed by atoms with Crippen molar-refractivity contribution in [2.24, 2.45) is 0 Å². The van der Waals surface area contributed by atoms with E-state index in [1.165, 1.54) is 35.2 Å². The third-order valence-corrected chi connectivity index (χ3v) is 10.1. The Morgan fingerprint density at radius 1 is 0.929 bits per heavy atom.